The highest BCUT2D eigenvalue weighted by Gasteiger charge is 2.16. The zero-order chi connectivity index (χ0) is 11.7. The van der Waals surface area contributed by atoms with Crippen LogP contribution in [0.2, 0.25) is 0 Å². The first-order valence-electron chi connectivity index (χ1n) is 5.19. The number of anilines is 1. The van der Waals surface area contributed by atoms with Gasteiger partial charge in [0.15, 0.2) is 5.82 Å². The Labute approximate surface area is 94.4 Å². The quantitative estimate of drug-likeness (QED) is 0.829. The summed E-state index contributed by atoms with van der Waals surface area (Å²) in [4.78, 5) is 12.6. The third kappa shape index (κ3) is 1.64. The Balaban J connectivity index is 2.66. The van der Waals surface area contributed by atoms with Crippen molar-refractivity contribution in [2.24, 2.45) is 7.05 Å². The van der Waals surface area contributed by atoms with Crippen molar-refractivity contribution >= 4 is 5.82 Å². The van der Waals surface area contributed by atoms with Crippen LogP contribution in [-0.4, -0.2) is 19.5 Å². The van der Waals surface area contributed by atoms with Crippen LogP contribution in [0.3, 0.4) is 0 Å². The zero-order valence-electron chi connectivity index (χ0n) is 9.68. The van der Waals surface area contributed by atoms with E-state index in [4.69, 9.17) is 5.73 Å². The highest BCUT2D eigenvalue weighted by atomic mass is 15.1. The van der Waals surface area contributed by atoms with Gasteiger partial charge in [-0.2, -0.15) is 0 Å². The molecular formula is C11H15N5. The second-order valence-corrected chi connectivity index (χ2v) is 4.04. The Morgan fingerprint density at radius 1 is 1.25 bits per heavy atom. The molecule has 5 nitrogen and oxygen atoms in total. The molecule has 0 radical (unpaired) electrons. The van der Waals surface area contributed by atoms with Crippen LogP contribution in [0.25, 0.3) is 11.5 Å². The Bertz CT molecular complexity index is 501. The molecular weight excluding hydrogens is 202 g/mol. The van der Waals surface area contributed by atoms with E-state index in [1.165, 1.54) is 6.33 Å². The van der Waals surface area contributed by atoms with E-state index in [0.717, 1.165) is 17.1 Å². The second-order valence-electron chi connectivity index (χ2n) is 4.04. The molecule has 0 atom stereocenters. The summed E-state index contributed by atoms with van der Waals surface area (Å²) in [7, 11) is 1.94. The predicted molar refractivity (Wildman–Crippen MR) is 62.7 cm³/mol. The van der Waals surface area contributed by atoms with Crippen LogP contribution in [0.15, 0.2) is 18.7 Å². The van der Waals surface area contributed by atoms with Gasteiger partial charge in [-0.15, -0.1) is 0 Å². The topological polar surface area (TPSA) is 69.6 Å². The molecule has 0 aliphatic rings. The monoisotopic (exact) mass is 217 g/mol. The molecule has 0 saturated carbocycles. The number of hydrogen-bond acceptors (Lipinski definition) is 4. The van der Waals surface area contributed by atoms with Crippen molar-refractivity contribution in [2.45, 2.75) is 19.8 Å². The third-order valence-electron chi connectivity index (χ3n) is 2.53. The summed E-state index contributed by atoms with van der Waals surface area (Å²) in [6, 6.07) is 0. The molecule has 0 bridgehead atoms. The lowest BCUT2D eigenvalue weighted by molar-refractivity contribution is 0.840. The van der Waals surface area contributed by atoms with Gasteiger partial charge in [-0.05, 0) is 5.92 Å². The summed E-state index contributed by atoms with van der Waals surface area (Å²) < 4.78 is 1.92. The molecule has 84 valence electrons. The molecule has 2 aromatic rings. The summed E-state index contributed by atoms with van der Waals surface area (Å²) in [6.07, 6.45) is 5.11. The van der Waals surface area contributed by atoms with E-state index in [9.17, 15) is 0 Å². The van der Waals surface area contributed by atoms with Crippen LogP contribution in [0, 0.1) is 0 Å². The first-order chi connectivity index (χ1) is 7.61. The Morgan fingerprint density at radius 2 is 2.00 bits per heavy atom. The van der Waals surface area contributed by atoms with Gasteiger partial charge in [0.2, 0.25) is 0 Å². The van der Waals surface area contributed by atoms with Gasteiger partial charge in [0.25, 0.3) is 0 Å². The van der Waals surface area contributed by atoms with Crippen LogP contribution in [0.1, 0.15) is 25.3 Å². The molecule has 0 aliphatic carbocycles. The van der Waals surface area contributed by atoms with Crippen molar-refractivity contribution in [3.63, 3.8) is 0 Å². The van der Waals surface area contributed by atoms with Gasteiger partial charge in [0.1, 0.15) is 17.8 Å². The number of nitrogens with zero attached hydrogens (tertiary/aromatic N) is 4. The molecule has 0 fully saturated rings. The SMILES string of the molecule is CC(C)c1c(N)ncnc1-c1nccn1C. The standard InChI is InChI=1S/C11H15N5/c1-7(2)8-9(14-6-15-10(8)12)11-13-4-5-16(11)3/h4-7H,1-3H3,(H2,12,14,15). The molecule has 2 rings (SSSR count). The molecule has 0 spiro atoms. The van der Waals surface area contributed by atoms with Crippen LogP contribution in [0.4, 0.5) is 5.82 Å². The Kier molecular flexibility index (Phi) is 2.60. The molecule has 16 heavy (non-hydrogen) atoms. The van der Waals surface area contributed by atoms with E-state index in [1.54, 1.807) is 6.20 Å². The fourth-order valence-electron chi connectivity index (χ4n) is 1.75. The molecule has 2 heterocycles. The summed E-state index contributed by atoms with van der Waals surface area (Å²) in [5.74, 6) is 1.62. The van der Waals surface area contributed by atoms with Crippen LogP contribution in [-0.2, 0) is 7.05 Å². The maximum Gasteiger partial charge on any atom is 0.158 e. The summed E-state index contributed by atoms with van der Waals surface area (Å²) in [5, 5.41) is 0. The first kappa shape index (κ1) is 10.6. The molecule has 2 aromatic heterocycles. The van der Waals surface area contributed by atoms with E-state index in [0.29, 0.717) is 5.82 Å². The first-order valence-corrected chi connectivity index (χ1v) is 5.19. The minimum absolute atomic E-state index is 0.271. The number of rotatable bonds is 2. The smallest absolute Gasteiger partial charge is 0.158 e. The number of imidazole rings is 1. The lowest BCUT2D eigenvalue weighted by Gasteiger charge is -2.12. The summed E-state index contributed by atoms with van der Waals surface area (Å²) in [5.41, 5.74) is 7.66. The van der Waals surface area contributed by atoms with Crippen molar-refractivity contribution in [1.29, 1.82) is 0 Å². The molecule has 0 aromatic carbocycles. The average Bonchev–Trinajstić information content (AvgIpc) is 2.63. The number of nitrogens with two attached hydrogens (primary N) is 1. The van der Waals surface area contributed by atoms with E-state index in [2.05, 4.69) is 28.8 Å². The highest BCUT2D eigenvalue weighted by Crippen LogP contribution is 2.28. The lowest BCUT2D eigenvalue weighted by atomic mass is 10.0. The van der Waals surface area contributed by atoms with Crippen molar-refractivity contribution in [2.75, 3.05) is 5.73 Å². The Hall–Kier alpha value is -1.91. The maximum absolute atomic E-state index is 5.89. The fraction of sp³-hybridized carbons (Fsp3) is 0.364. The van der Waals surface area contributed by atoms with Crippen molar-refractivity contribution in [3.8, 4) is 11.5 Å². The van der Waals surface area contributed by atoms with Crippen LogP contribution >= 0.6 is 0 Å². The number of nitrogen functional groups attached to an aromatic ring is 1. The molecule has 5 heteroatoms. The van der Waals surface area contributed by atoms with E-state index in [-0.39, 0.29) is 5.92 Å². The summed E-state index contributed by atoms with van der Waals surface area (Å²) in [6.45, 7) is 4.14. The van der Waals surface area contributed by atoms with Gasteiger partial charge in [-0.25, -0.2) is 15.0 Å². The predicted octanol–water partition coefficient (Wildman–Crippen LogP) is 1.58. The largest absolute Gasteiger partial charge is 0.383 e. The van der Waals surface area contributed by atoms with Crippen molar-refractivity contribution in [1.82, 2.24) is 19.5 Å². The summed E-state index contributed by atoms with van der Waals surface area (Å²) >= 11 is 0. The van der Waals surface area contributed by atoms with Gasteiger partial charge in [0, 0.05) is 25.0 Å². The highest BCUT2D eigenvalue weighted by molar-refractivity contribution is 5.62. The molecule has 0 aliphatic heterocycles. The van der Waals surface area contributed by atoms with Crippen molar-refractivity contribution in [3.05, 3.63) is 24.3 Å². The van der Waals surface area contributed by atoms with E-state index < -0.39 is 0 Å². The lowest BCUT2D eigenvalue weighted by Crippen LogP contribution is -2.06. The van der Waals surface area contributed by atoms with Gasteiger partial charge in [-0.1, -0.05) is 13.8 Å². The van der Waals surface area contributed by atoms with Gasteiger partial charge in [-0.3, -0.25) is 0 Å². The minimum atomic E-state index is 0.271. The van der Waals surface area contributed by atoms with E-state index >= 15 is 0 Å². The molecule has 0 amide bonds. The van der Waals surface area contributed by atoms with Crippen LogP contribution in [0.5, 0.6) is 0 Å². The number of aromatic nitrogens is 4. The molecule has 2 N–H and O–H groups in total. The third-order valence-corrected chi connectivity index (χ3v) is 2.53. The Morgan fingerprint density at radius 3 is 2.56 bits per heavy atom. The second kappa shape index (κ2) is 3.92. The number of hydrogen-bond donors (Lipinski definition) is 1. The van der Waals surface area contributed by atoms with Gasteiger partial charge < -0.3 is 10.3 Å². The van der Waals surface area contributed by atoms with Gasteiger partial charge in [0.05, 0.1) is 0 Å². The van der Waals surface area contributed by atoms with Crippen molar-refractivity contribution < 1.29 is 0 Å². The van der Waals surface area contributed by atoms with Gasteiger partial charge >= 0.3 is 0 Å². The van der Waals surface area contributed by atoms with Crippen LogP contribution < -0.4 is 5.73 Å². The zero-order valence-corrected chi connectivity index (χ0v) is 9.68. The molecule has 0 unspecified atom stereocenters. The maximum atomic E-state index is 5.89. The van der Waals surface area contributed by atoms with E-state index in [1.807, 2.05) is 17.8 Å². The molecule has 0 saturated heterocycles. The number of aryl methyl sites for hydroxylation is 1. The fourth-order valence-corrected chi connectivity index (χ4v) is 1.75. The average molecular weight is 217 g/mol. The normalized spacial score (nSPS) is 11.0. The minimum Gasteiger partial charge on any atom is -0.383 e.